The molecule has 1 aliphatic rings. The molecule has 1 aliphatic heterocycles. The number of ether oxygens (including phenoxy) is 3. The van der Waals surface area contributed by atoms with Gasteiger partial charge in [-0.05, 0) is 18.4 Å². The van der Waals surface area contributed by atoms with E-state index in [4.69, 9.17) is 14.2 Å². The Bertz CT molecular complexity index is 499. The molecule has 130 valence electrons. The normalized spacial score (nSPS) is 17.1. The Kier molecular flexibility index (Phi) is 6.54. The van der Waals surface area contributed by atoms with Crippen molar-refractivity contribution in [2.75, 3.05) is 47.5 Å². The molecule has 0 amide bonds. The number of rotatable bonds is 7. The topological polar surface area (TPSA) is 43.0 Å². The predicted molar refractivity (Wildman–Crippen MR) is 92.7 cm³/mol. The zero-order valence-electron chi connectivity index (χ0n) is 15.0. The van der Waals surface area contributed by atoms with Gasteiger partial charge in [0.1, 0.15) is 5.75 Å². The van der Waals surface area contributed by atoms with Crippen molar-refractivity contribution in [1.29, 1.82) is 0 Å². The van der Waals surface area contributed by atoms with Crippen molar-refractivity contribution in [2.24, 2.45) is 5.92 Å². The Hall–Kier alpha value is -1.46. The van der Waals surface area contributed by atoms with Crippen LogP contribution in [0.15, 0.2) is 12.1 Å². The lowest BCUT2D eigenvalue weighted by atomic mass is 9.94. The summed E-state index contributed by atoms with van der Waals surface area (Å²) in [6.07, 6.45) is 1.09. The average Bonchev–Trinajstić information content (AvgIpc) is 2.59. The van der Waals surface area contributed by atoms with Gasteiger partial charge in [0.05, 0.1) is 21.3 Å². The van der Waals surface area contributed by atoms with Crippen molar-refractivity contribution in [3.63, 3.8) is 0 Å². The van der Waals surface area contributed by atoms with E-state index in [1.807, 2.05) is 6.07 Å². The van der Waals surface area contributed by atoms with Crippen LogP contribution in [0, 0.1) is 5.92 Å². The van der Waals surface area contributed by atoms with Crippen LogP contribution in [0.5, 0.6) is 17.2 Å². The lowest BCUT2D eigenvalue weighted by molar-refractivity contribution is 0.151. The second-order valence-corrected chi connectivity index (χ2v) is 6.38. The summed E-state index contributed by atoms with van der Waals surface area (Å²) >= 11 is 0. The summed E-state index contributed by atoms with van der Waals surface area (Å²) in [6, 6.07) is 4.34. The van der Waals surface area contributed by atoms with Gasteiger partial charge < -0.3 is 19.5 Å². The van der Waals surface area contributed by atoms with Gasteiger partial charge >= 0.3 is 0 Å². The molecule has 5 heteroatoms. The van der Waals surface area contributed by atoms with E-state index >= 15 is 0 Å². The van der Waals surface area contributed by atoms with Crippen LogP contribution in [-0.4, -0.2) is 52.4 Å². The smallest absolute Gasteiger partial charge is 0.164 e. The molecule has 0 spiro atoms. The highest BCUT2D eigenvalue weighted by Crippen LogP contribution is 2.41. The van der Waals surface area contributed by atoms with E-state index in [1.165, 1.54) is 5.56 Å². The van der Waals surface area contributed by atoms with Gasteiger partial charge in [-0.3, -0.25) is 4.90 Å². The van der Waals surface area contributed by atoms with Gasteiger partial charge in [0, 0.05) is 43.9 Å². The van der Waals surface area contributed by atoms with Gasteiger partial charge in [0.15, 0.2) is 11.5 Å². The quantitative estimate of drug-likeness (QED) is 0.836. The van der Waals surface area contributed by atoms with E-state index in [1.54, 1.807) is 21.3 Å². The fraction of sp³-hybridized carbons (Fsp3) is 0.667. The maximum Gasteiger partial charge on any atom is 0.164 e. The summed E-state index contributed by atoms with van der Waals surface area (Å²) in [4.78, 5) is 2.54. The van der Waals surface area contributed by atoms with Crippen molar-refractivity contribution in [3.8, 4) is 17.2 Å². The fourth-order valence-electron chi connectivity index (χ4n) is 3.23. The molecular formula is C18H30N2O3. The molecule has 1 saturated heterocycles. The predicted octanol–water partition coefficient (Wildman–Crippen LogP) is 2.70. The first-order chi connectivity index (χ1) is 11.1. The second-order valence-electron chi connectivity index (χ2n) is 6.38. The Labute approximate surface area is 139 Å². The van der Waals surface area contributed by atoms with Crippen LogP contribution in [0.4, 0.5) is 0 Å². The average molecular weight is 322 g/mol. The number of hydrogen-bond donors (Lipinski definition) is 1. The molecule has 23 heavy (non-hydrogen) atoms. The van der Waals surface area contributed by atoms with Gasteiger partial charge in [-0.25, -0.2) is 0 Å². The maximum atomic E-state index is 5.66. The highest BCUT2D eigenvalue weighted by molar-refractivity contribution is 5.52. The largest absolute Gasteiger partial charge is 0.496 e. The van der Waals surface area contributed by atoms with Gasteiger partial charge in [0.2, 0.25) is 0 Å². The fourth-order valence-corrected chi connectivity index (χ4v) is 3.23. The van der Waals surface area contributed by atoms with Crippen LogP contribution in [-0.2, 0) is 0 Å². The molecule has 2 rings (SSSR count). The van der Waals surface area contributed by atoms with E-state index < -0.39 is 0 Å². The Balaban J connectivity index is 2.42. The number of methoxy groups -OCH3 is 3. The Morgan fingerprint density at radius 1 is 0.957 bits per heavy atom. The first kappa shape index (κ1) is 17.9. The van der Waals surface area contributed by atoms with Crippen molar-refractivity contribution in [1.82, 2.24) is 10.2 Å². The summed E-state index contributed by atoms with van der Waals surface area (Å²) in [5, 5.41) is 3.43. The molecular weight excluding hydrogens is 292 g/mol. The van der Waals surface area contributed by atoms with Gasteiger partial charge in [-0.15, -0.1) is 0 Å². The number of nitrogens with one attached hydrogen (secondary N) is 1. The first-order valence-corrected chi connectivity index (χ1v) is 8.35. The standard InChI is InChI=1S/C18H30N2O3/c1-13(2)10-15(20-8-6-19-7-9-20)14-11-17(22-4)18(23-5)12-16(14)21-3/h11-13,15,19H,6-10H2,1-5H3/t15-/m1/s1. The lowest BCUT2D eigenvalue weighted by Crippen LogP contribution is -2.45. The molecule has 0 aromatic heterocycles. The number of nitrogens with zero attached hydrogens (tertiary/aromatic N) is 1. The number of piperazine rings is 1. The zero-order valence-corrected chi connectivity index (χ0v) is 15.0. The molecule has 1 atom stereocenters. The summed E-state index contributed by atoms with van der Waals surface area (Å²) in [5.74, 6) is 2.93. The molecule has 0 bridgehead atoms. The van der Waals surface area contributed by atoms with Gasteiger partial charge in [-0.1, -0.05) is 13.8 Å². The van der Waals surface area contributed by atoms with Crippen LogP contribution in [0.3, 0.4) is 0 Å². The summed E-state index contributed by atoms with van der Waals surface area (Å²) < 4.78 is 16.6. The van der Waals surface area contributed by atoms with Crippen molar-refractivity contribution in [3.05, 3.63) is 17.7 Å². The van der Waals surface area contributed by atoms with Gasteiger partial charge in [-0.2, -0.15) is 0 Å². The van der Waals surface area contributed by atoms with Crippen LogP contribution in [0.1, 0.15) is 31.9 Å². The minimum Gasteiger partial charge on any atom is -0.496 e. The molecule has 0 radical (unpaired) electrons. The molecule has 5 nitrogen and oxygen atoms in total. The number of hydrogen-bond acceptors (Lipinski definition) is 5. The minimum absolute atomic E-state index is 0.326. The number of benzene rings is 1. The Morgan fingerprint density at radius 2 is 1.52 bits per heavy atom. The van der Waals surface area contributed by atoms with Crippen LogP contribution >= 0.6 is 0 Å². The van der Waals surface area contributed by atoms with E-state index in [0.29, 0.717) is 17.7 Å². The third-order valence-electron chi connectivity index (χ3n) is 4.38. The van der Waals surface area contributed by atoms with Crippen LogP contribution in [0.2, 0.25) is 0 Å². The maximum absolute atomic E-state index is 5.66. The summed E-state index contributed by atoms with van der Waals surface area (Å²) in [7, 11) is 5.05. The lowest BCUT2D eigenvalue weighted by Gasteiger charge is -2.37. The molecule has 0 aliphatic carbocycles. The minimum atomic E-state index is 0.326. The summed E-state index contributed by atoms with van der Waals surface area (Å²) in [5.41, 5.74) is 1.18. The van der Waals surface area contributed by atoms with Crippen LogP contribution in [0.25, 0.3) is 0 Å². The van der Waals surface area contributed by atoms with Crippen molar-refractivity contribution >= 4 is 0 Å². The third kappa shape index (κ3) is 4.30. The molecule has 0 unspecified atom stereocenters. The van der Waals surface area contributed by atoms with Gasteiger partial charge in [0.25, 0.3) is 0 Å². The highest BCUT2D eigenvalue weighted by Gasteiger charge is 2.27. The molecule has 1 heterocycles. The molecule has 1 N–H and O–H groups in total. The van der Waals surface area contributed by atoms with E-state index in [0.717, 1.165) is 44.1 Å². The molecule has 1 aromatic rings. The monoisotopic (exact) mass is 322 g/mol. The molecule has 0 saturated carbocycles. The zero-order chi connectivity index (χ0) is 16.8. The molecule has 1 aromatic carbocycles. The van der Waals surface area contributed by atoms with E-state index in [9.17, 15) is 0 Å². The van der Waals surface area contributed by atoms with E-state index in [-0.39, 0.29) is 0 Å². The molecule has 1 fully saturated rings. The van der Waals surface area contributed by atoms with E-state index in [2.05, 4.69) is 30.1 Å². The summed E-state index contributed by atoms with van der Waals surface area (Å²) in [6.45, 7) is 8.70. The van der Waals surface area contributed by atoms with Crippen molar-refractivity contribution < 1.29 is 14.2 Å². The van der Waals surface area contributed by atoms with Crippen LogP contribution < -0.4 is 19.5 Å². The first-order valence-electron chi connectivity index (χ1n) is 8.35. The Morgan fingerprint density at radius 3 is 2.04 bits per heavy atom. The SMILES string of the molecule is COc1cc(OC)c([C@@H](CC(C)C)N2CCNCC2)cc1OC. The second kappa shape index (κ2) is 8.41. The highest BCUT2D eigenvalue weighted by atomic mass is 16.5. The third-order valence-corrected chi connectivity index (χ3v) is 4.38. The van der Waals surface area contributed by atoms with Crippen molar-refractivity contribution in [2.45, 2.75) is 26.3 Å².